The molecule has 1 aromatic carbocycles. The Morgan fingerprint density at radius 3 is 2.86 bits per heavy atom. The third kappa shape index (κ3) is 4.08. The van der Waals surface area contributed by atoms with Crippen LogP contribution in [0.25, 0.3) is 0 Å². The van der Waals surface area contributed by atoms with Crippen molar-refractivity contribution in [1.82, 2.24) is 10.5 Å². The topological polar surface area (TPSA) is 64.4 Å². The van der Waals surface area contributed by atoms with E-state index in [9.17, 15) is 4.79 Å². The molecule has 112 valence electrons. The molecular weight excluding hydrogens is 268 g/mol. The maximum absolute atomic E-state index is 11.9. The van der Waals surface area contributed by atoms with Crippen molar-refractivity contribution in [3.05, 3.63) is 46.8 Å². The van der Waals surface area contributed by atoms with Gasteiger partial charge in [0.15, 0.2) is 0 Å². The first-order chi connectivity index (χ1) is 10.1. The van der Waals surface area contributed by atoms with Gasteiger partial charge in [-0.25, -0.2) is 0 Å². The number of aromatic nitrogens is 1. The number of nitrogens with zero attached hydrogens (tertiary/aromatic N) is 1. The number of methoxy groups -OCH3 is 1. The Labute approximate surface area is 124 Å². The lowest BCUT2D eigenvalue weighted by atomic mass is 10.1. The highest BCUT2D eigenvalue weighted by Crippen LogP contribution is 2.15. The van der Waals surface area contributed by atoms with Gasteiger partial charge in [-0.05, 0) is 38.0 Å². The fourth-order valence-corrected chi connectivity index (χ4v) is 2.17. The van der Waals surface area contributed by atoms with Gasteiger partial charge in [0.05, 0.1) is 12.8 Å². The Kier molecular flexibility index (Phi) is 4.98. The summed E-state index contributed by atoms with van der Waals surface area (Å²) in [7, 11) is 1.63. The molecule has 1 aromatic heterocycles. The summed E-state index contributed by atoms with van der Waals surface area (Å²) in [6, 6.07) is 7.65. The fourth-order valence-electron chi connectivity index (χ4n) is 2.17. The number of benzene rings is 1. The lowest BCUT2D eigenvalue weighted by Gasteiger charge is -2.07. The number of nitrogens with one attached hydrogen (secondary N) is 1. The van der Waals surface area contributed by atoms with Crippen LogP contribution in [0, 0.1) is 13.8 Å². The van der Waals surface area contributed by atoms with E-state index in [-0.39, 0.29) is 5.91 Å². The van der Waals surface area contributed by atoms with Crippen LogP contribution in [0.3, 0.4) is 0 Å². The minimum absolute atomic E-state index is 0.0119. The van der Waals surface area contributed by atoms with Crippen LogP contribution in [0.15, 0.2) is 28.8 Å². The van der Waals surface area contributed by atoms with Crippen LogP contribution in [-0.2, 0) is 17.8 Å². The van der Waals surface area contributed by atoms with E-state index in [1.807, 2.05) is 38.1 Å². The summed E-state index contributed by atoms with van der Waals surface area (Å²) in [6.07, 6.45) is 1.07. The molecule has 1 heterocycles. The number of aryl methyl sites for hydroxylation is 2. The quantitative estimate of drug-likeness (QED) is 0.887. The zero-order valence-corrected chi connectivity index (χ0v) is 12.6. The molecule has 5 heteroatoms. The minimum Gasteiger partial charge on any atom is -0.497 e. The molecule has 0 saturated heterocycles. The Hall–Kier alpha value is -2.30. The molecule has 0 aliphatic carbocycles. The first-order valence-corrected chi connectivity index (χ1v) is 6.91. The molecule has 2 rings (SSSR count). The maximum Gasteiger partial charge on any atom is 0.220 e. The second kappa shape index (κ2) is 6.92. The Balaban J connectivity index is 1.82. The lowest BCUT2D eigenvalue weighted by molar-refractivity contribution is -0.121. The number of hydrogen-bond acceptors (Lipinski definition) is 4. The number of carbonyl (C=O) groups excluding carboxylic acids is 1. The largest absolute Gasteiger partial charge is 0.497 e. The van der Waals surface area contributed by atoms with Crippen LogP contribution in [-0.4, -0.2) is 18.2 Å². The lowest BCUT2D eigenvalue weighted by Crippen LogP contribution is -2.23. The molecule has 0 aliphatic heterocycles. The van der Waals surface area contributed by atoms with E-state index in [1.165, 1.54) is 0 Å². The zero-order valence-electron chi connectivity index (χ0n) is 12.6. The first-order valence-electron chi connectivity index (χ1n) is 6.91. The van der Waals surface area contributed by atoms with Gasteiger partial charge in [0.2, 0.25) is 5.91 Å². The van der Waals surface area contributed by atoms with E-state index in [0.29, 0.717) is 19.4 Å². The van der Waals surface area contributed by atoms with E-state index >= 15 is 0 Å². The predicted molar refractivity (Wildman–Crippen MR) is 79.1 cm³/mol. The average molecular weight is 288 g/mol. The molecule has 0 atom stereocenters. The van der Waals surface area contributed by atoms with Crippen molar-refractivity contribution in [3.63, 3.8) is 0 Å². The number of carbonyl (C=O) groups is 1. The van der Waals surface area contributed by atoms with Gasteiger partial charge < -0.3 is 14.6 Å². The minimum atomic E-state index is 0.0119. The van der Waals surface area contributed by atoms with Crippen LogP contribution in [0.5, 0.6) is 5.75 Å². The van der Waals surface area contributed by atoms with Gasteiger partial charge in [-0.2, -0.15) is 0 Å². The van der Waals surface area contributed by atoms with Gasteiger partial charge in [0, 0.05) is 18.5 Å². The predicted octanol–water partition coefficient (Wildman–Crippen LogP) is 2.55. The van der Waals surface area contributed by atoms with E-state index < -0.39 is 0 Å². The average Bonchev–Trinajstić information content (AvgIpc) is 2.82. The molecular formula is C16H20N2O3. The number of rotatable bonds is 6. The van der Waals surface area contributed by atoms with E-state index in [2.05, 4.69) is 10.5 Å². The first kappa shape index (κ1) is 15.1. The van der Waals surface area contributed by atoms with Crippen LogP contribution in [0.2, 0.25) is 0 Å². The van der Waals surface area contributed by atoms with Crippen molar-refractivity contribution in [2.75, 3.05) is 7.11 Å². The second-order valence-corrected chi connectivity index (χ2v) is 4.93. The molecule has 0 bridgehead atoms. The number of amides is 1. The molecule has 5 nitrogen and oxygen atoms in total. The summed E-state index contributed by atoms with van der Waals surface area (Å²) in [5.41, 5.74) is 2.89. The molecule has 0 unspecified atom stereocenters. The maximum atomic E-state index is 11.9. The summed E-state index contributed by atoms with van der Waals surface area (Å²) in [5.74, 6) is 1.59. The van der Waals surface area contributed by atoms with Crippen molar-refractivity contribution in [2.24, 2.45) is 0 Å². The van der Waals surface area contributed by atoms with E-state index in [0.717, 1.165) is 28.3 Å². The Morgan fingerprint density at radius 2 is 2.19 bits per heavy atom. The molecule has 0 aliphatic rings. The summed E-state index contributed by atoms with van der Waals surface area (Å²) in [5, 5.41) is 6.79. The van der Waals surface area contributed by atoms with Crippen molar-refractivity contribution >= 4 is 5.91 Å². The summed E-state index contributed by atoms with van der Waals surface area (Å²) in [6.45, 7) is 4.25. The number of hydrogen-bond donors (Lipinski definition) is 1. The van der Waals surface area contributed by atoms with Gasteiger partial charge in [-0.1, -0.05) is 17.3 Å². The van der Waals surface area contributed by atoms with Gasteiger partial charge in [-0.15, -0.1) is 0 Å². The highest BCUT2D eigenvalue weighted by atomic mass is 16.5. The van der Waals surface area contributed by atoms with E-state index in [4.69, 9.17) is 9.26 Å². The molecule has 2 aromatic rings. The third-order valence-electron chi connectivity index (χ3n) is 3.41. The fraction of sp³-hybridized carbons (Fsp3) is 0.375. The summed E-state index contributed by atoms with van der Waals surface area (Å²) >= 11 is 0. The third-order valence-corrected chi connectivity index (χ3v) is 3.41. The molecule has 1 N–H and O–H groups in total. The Bertz CT molecular complexity index is 600. The molecule has 21 heavy (non-hydrogen) atoms. The van der Waals surface area contributed by atoms with E-state index in [1.54, 1.807) is 7.11 Å². The molecule has 0 radical (unpaired) electrons. The molecule has 0 spiro atoms. The molecule has 0 fully saturated rings. The highest BCUT2D eigenvalue weighted by Gasteiger charge is 2.11. The van der Waals surface area contributed by atoms with Crippen molar-refractivity contribution in [1.29, 1.82) is 0 Å². The van der Waals surface area contributed by atoms with Gasteiger partial charge in [-0.3, -0.25) is 4.79 Å². The molecule has 0 saturated carbocycles. The highest BCUT2D eigenvalue weighted by molar-refractivity contribution is 5.76. The van der Waals surface area contributed by atoms with Gasteiger partial charge in [0.25, 0.3) is 0 Å². The second-order valence-electron chi connectivity index (χ2n) is 4.93. The van der Waals surface area contributed by atoms with Crippen LogP contribution in [0.1, 0.15) is 29.0 Å². The van der Waals surface area contributed by atoms with Crippen molar-refractivity contribution in [2.45, 2.75) is 33.2 Å². The van der Waals surface area contributed by atoms with Gasteiger partial charge in [0.1, 0.15) is 11.5 Å². The SMILES string of the molecule is COc1cccc(CNC(=O)CCc2c(C)noc2C)c1. The zero-order chi connectivity index (χ0) is 15.2. The normalized spacial score (nSPS) is 10.4. The summed E-state index contributed by atoms with van der Waals surface area (Å²) < 4.78 is 10.2. The van der Waals surface area contributed by atoms with Crippen molar-refractivity contribution in [3.8, 4) is 5.75 Å². The Morgan fingerprint density at radius 1 is 1.38 bits per heavy atom. The van der Waals surface area contributed by atoms with Crippen LogP contribution in [0.4, 0.5) is 0 Å². The standard InChI is InChI=1S/C16H20N2O3/c1-11-15(12(2)21-18-11)7-8-16(19)17-10-13-5-4-6-14(9-13)20-3/h4-6,9H,7-8,10H2,1-3H3,(H,17,19). The van der Waals surface area contributed by atoms with Crippen molar-refractivity contribution < 1.29 is 14.1 Å². The van der Waals surface area contributed by atoms with Gasteiger partial charge >= 0.3 is 0 Å². The number of ether oxygens (including phenoxy) is 1. The molecule has 1 amide bonds. The monoisotopic (exact) mass is 288 g/mol. The van der Waals surface area contributed by atoms with Crippen LogP contribution < -0.4 is 10.1 Å². The summed E-state index contributed by atoms with van der Waals surface area (Å²) in [4.78, 5) is 11.9. The van der Waals surface area contributed by atoms with Crippen LogP contribution >= 0.6 is 0 Å². The smallest absolute Gasteiger partial charge is 0.220 e.